The summed E-state index contributed by atoms with van der Waals surface area (Å²) in [5.74, 6) is 0.552. The summed E-state index contributed by atoms with van der Waals surface area (Å²) < 4.78 is 32.0. The van der Waals surface area contributed by atoms with E-state index in [4.69, 9.17) is 18.5 Å². The second-order valence-corrected chi connectivity index (χ2v) is 7.22. The Kier molecular flexibility index (Phi) is 2.76. The SMILES string of the molecule is O=C1N[C@@H]2C(=C[C@H](O)[C@H]3OP(=O)([O-])O[C@H]32)c2cc3c(cc21)OCO3. The third-order valence-electron chi connectivity index (χ3n) is 4.53. The van der Waals surface area contributed by atoms with Crippen molar-refractivity contribution in [2.75, 3.05) is 6.79 Å². The number of carbonyl (C=O) groups is 1. The largest absolute Gasteiger partial charge is 0.756 e. The number of aliphatic hydroxyl groups excluding tert-OH is 1. The van der Waals surface area contributed by atoms with Crippen molar-refractivity contribution in [2.45, 2.75) is 24.4 Å². The molecule has 4 aliphatic rings. The number of nitrogens with one attached hydrogen (secondary N) is 1. The molecule has 1 unspecified atom stereocenters. The van der Waals surface area contributed by atoms with Crippen molar-refractivity contribution in [1.82, 2.24) is 5.32 Å². The number of phosphoric acid groups is 1. The molecule has 5 atom stereocenters. The van der Waals surface area contributed by atoms with Crippen LogP contribution in [0.3, 0.4) is 0 Å². The summed E-state index contributed by atoms with van der Waals surface area (Å²) in [5.41, 5.74) is 1.46. The Balaban J connectivity index is 1.65. The molecule has 0 bridgehead atoms. The molecule has 3 aliphatic heterocycles. The Bertz CT molecular complexity index is 851. The summed E-state index contributed by atoms with van der Waals surface area (Å²) in [6.45, 7) is 0.0615. The maximum atomic E-state index is 12.4. The summed E-state index contributed by atoms with van der Waals surface area (Å²) in [4.78, 5) is 24.0. The van der Waals surface area contributed by atoms with Gasteiger partial charge in [-0.1, -0.05) is 0 Å². The molecular weight excluding hydrogens is 341 g/mol. The number of rotatable bonds is 0. The molecule has 0 spiro atoms. The lowest BCUT2D eigenvalue weighted by molar-refractivity contribution is -0.216. The van der Waals surface area contributed by atoms with Gasteiger partial charge < -0.3 is 33.8 Å². The minimum absolute atomic E-state index is 0.0615. The molecule has 1 amide bonds. The van der Waals surface area contributed by atoms with Crippen LogP contribution in [-0.4, -0.2) is 42.2 Å². The molecule has 9 nitrogen and oxygen atoms in total. The summed E-state index contributed by atoms with van der Waals surface area (Å²) in [7, 11) is -4.51. The minimum atomic E-state index is -4.51. The zero-order valence-electron chi connectivity index (χ0n) is 12.0. The average Bonchev–Trinajstić information content (AvgIpc) is 3.10. The first-order valence-electron chi connectivity index (χ1n) is 7.25. The Morgan fingerprint density at radius 3 is 2.58 bits per heavy atom. The number of ether oxygens (including phenoxy) is 2. The minimum Gasteiger partial charge on any atom is -0.756 e. The lowest BCUT2D eigenvalue weighted by Crippen LogP contribution is -2.55. The van der Waals surface area contributed by atoms with Crippen LogP contribution in [0.15, 0.2) is 18.2 Å². The van der Waals surface area contributed by atoms with E-state index >= 15 is 0 Å². The fraction of sp³-hybridized carbons (Fsp3) is 0.357. The van der Waals surface area contributed by atoms with Crippen LogP contribution in [0.25, 0.3) is 5.57 Å². The van der Waals surface area contributed by atoms with E-state index in [9.17, 15) is 19.4 Å². The summed E-state index contributed by atoms with van der Waals surface area (Å²) >= 11 is 0. The molecule has 0 aromatic heterocycles. The highest BCUT2D eigenvalue weighted by Gasteiger charge is 2.52. The number of amides is 1. The molecular formula is C14H11NO8P-. The van der Waals surface area contributed by atoms with Crippen LogP contribution in [-0.2, 0) is 13.6 Å². The highest BCUT2D eigenvalue weighted by molar-refractivity contribution is 7.46. The Hall–Kier alpha value is -1.90. The number of fused-ring (bicyclic) bond motifs is 6. The first-order valence-corrected chi connectivity index (χ1v) is 8.71. The predicted molar refractivity (Wildman–Crippen MR) is 75.2 cm³/mol. The lowest BCUT2D eigenvalue weighted by Gasteiger charge is -2.38. The fourth-order valence-electron chi connectivity index (χ4n) is 3.51. The van der Waals surface area contributed by atoms with Gasteiger partial charge in [-0.15, -0.1) is 0 Å². The number of hydrogen-bond acceptors (Lipinski definition) is 8. The van der Waals surface area contributed by atoms with Crippen LogP contribution < -0.4 is 19.7 Å². The van der Waals surface area contributed by atoms with E-state index in [1.807, 2.05) is 0 Å². The molecule has 3 heterocycles. The van der Waals surface area contributed by atoms with Gasteiger partial charge in [-0.05, 0) is 29.3 Å². The van der Waals surface area contributed by atoms with E-state index < -0.39 is 38.1 Å². The maximum absolute atomic E-state index is 12.4. The Morgan fingerprint density at radius 1 is 1.17 bits per heavy atom. The van der Waals surface area contributed by atoms with E-state index in [0.717, 1.165) is 0 Å². The van der Waals surface area contributed by atoms with Gasteiger partial charge in [0.25, 0.3) is 13.7 Å². The number of phosphoric ester groups is 1. The van der Waals surface area contributed by atoms with Gasteiger partial charge in [-0.3, -0.25) is 9.36 Å². The molecule has 126 valence electrons. The predicted octanol–water partition coefficient (Wildman–Crippen LogP) is -0.462. The van der Waals surface area contributed by atoms with Gasteiger partial charge in [0.2, 0.25) is 6.79 Å². The molecule has 1 saturated heterocycles. The van der Waals surface area contributed by atoms with Gasteiger partial charge in [0.15, 0.2) is 11.5 Å². The van der Waals surface area contributed by atoms with Crippen molar-refractivity contribution in [1.29, 1.82) is 0 Å². The van der Waals surface area contributed by atoms with Crippen molar-refractivity contribution in [3.05, 3.63) is 29.3 Å². The molecule has 2 N–H and O–H groups in total. The van der Waals surface area contributed by atoms with E-state index in [2.05, 4.69) is 5.32 Å². The first kappa shape index (κ1) is 14.4. The van der Waals surface area contributed by atoms with Gasteiger partial charge in [0.05, 0.1) is 11.6 Å². The van der Waals surface area contributed by atoms with Crippen molar-refractivity contribution >= 4 is 19.3 Å². The zero-order chi connectivity index (χ0) is 16.6. The van der Waals surface area contributed by atoms with Crippen LogP contribution in [0.2, 0.25) is 0 Å². The number of carbonyl (C=O) groups excluding carboxylic acids is 1. The lowest BCUT2D eigenvalue weighted by atomic mass is 9.79. The van der Waals surface area contributed by atoms with Crippen LogP contribution in [0.5, 0.6) is 11.5 Å². The van der Waals surface area contributed by atoms with Crippen molar-refractivity contribution in [3.63, 3.8) is 0 Å². The third kappa shape index (κ3) is 1.90. The maximum Gasteiger partial charge on any atom is 0.268 e. The number of hydrogen-bond donors (Lipinski definition) is 2. The normalized spacial score (nSPS) is 38.8. The van der Waals surface area contributed by atoms with Gasteiger partial charge in [0, 0.05) is 0 Å². The van der Waals surface area contributed by atoms with Gasteiger partial charge in [-0.2, -0.15) is 0 Å². The molecule has 0 saturated carbocycles. The summed E-state index contributed by atoms with van der Waals surface area (Å²) in [5, 5.41) is 12.9. The molecule has 10 heteroatoms. The van der Waals surface area contributed by atoms with Crippen LogP contribution in [0, 0.1) is 0 Å². The molecule has 1 aliphatic carbocycles. The molecule has 0 radical (unpaired) electrons. The van der Waals surface area contributed by atoms with E-state index in [1.165, 1.54) is 6.08 Å². The summed E-state index contributed by atoms with van der Waals surface area (Å²) in [6, 6.07) is 2.46. The second kappa shape index (κ2) is 4.59. The van der Waals surface area contributed by atoms with Crippen molar-refractivity contribution in [2.24, 2.45) is 0 Å². The second-order valence-electron chi connectivity index (χ2n) is 5.90. The molecule has 24 heavy (non-hydrogen) atoms. The topological polar surface area (TPSA) is 126 Å². The Morgan fingerprint density at radius 2 is 1.83 bits per heavy atom. The standard InChI is InChI=1S/C14H12NO8P/c16-8-1-6-5-2-9-10(21-4-20-9)3-7(5)14(17)15-11(6)13-12(8)22-24(18,19)23-13/h1-3,8,11-13,16H,4H2,(H,15,17)(H,18,19)/p-1/t8-,11+,12+,13-/m0/s1. The van der Waals surface area contributed by atoms with Gasteiger partial charge >= 0.3 is 0 Å². The zero-order valence-corrected chi connectivity index (χ0v) is 12.9. The van der Waals surface area contributed by atoms with Crippen molar-refractivity contribution < 1.29 is 37.9 Å². The quantitative estimate of drug-likeness (QED) is 0.601. The number of benzene rings is 1. The first-order chi connectivity index (χ1) is 11.4. The molecule has 5 rings (SSSR count). The van der Waals surface area contributed by atoms with E-state index in [1.54, 1.807) is 12.1 Å². The fourth-order valence-corrected chi connectivity index (χ4v) is 4.65. The number of aliphatic hydroxyl groups is 1. The van der Waals surface area contributed by atoms with Crippen LogP contribution in [0.4, 0.5) is 0 Å². The molecule has 1 fully saturated rings. The van der Waals surface area contributed by atoms with E-state index in [0.29, 0.717) is 28.2 Å². The van der Waals surface area contributed by atoms with Gasteiger partial charge in [0.1, 0.15) is 18.3 Å². The van der Waals surface area contributed by atoms with E-state index in [-0.39, 0.29) is 6.79 Å². The smallest absolute Gasteiger partial charge is 0.268 e. The average molecular weight is 352 g/mol. The molecule has 1 aromatic rings. The highest BCUT2D eigenvalue weighted by atomic mass is 31.2. The Labute approximate surface area is 135 Å². The summed E-state index contributed by atoms with van der Waals surface area (Å²) in [6.07, 6.45) is -1.82. The molecule has 1 aromatic carbocycles. The van der Waals surface area contributed by atoms with Gasteiger partial charge in [-0.25, -0.2) is 0 Å². The van der Waals surface area contributed by atoms with Crippen molar-refractivity contribution in [3.8, 4) is 11.5 Å². The van der Waals surface area contributed by atoms with Crippen LogP contribution >= 0.6 is 7.82 Å². The highest BCUT2D eigenvalue weighted by Crippen LogP contribution is 2.54. The monoisotopic (exact) mass is 352 g/mol. The third-order valence-corrected chi connectivity index (χ3v) is 5.53. The van der Waals surface area contributed by atoms with Crippen LogP contribution in [0.1, 0.15) is 15.9 Å².